The monoisotopic (exact) mass is 626 g/mol. The fraction of sp³-hybridized carbons (Fsp3) is 0.485. The summed E-state index contributed by atoms with van der Waals surface area (Å²) in [7, 11) is 0. The Morgan fingerprint density at radius 1 is 0.778 bits per heavy atom. The van der Waals surface area contributed by atoms with Crippen molar-refractivity contribution < 1.29 is 47.7 Å². The van der Waals surface area contributed by atoms with Crippen LogP contribution >= 0.6 is 0 Å². The van der Waals surface area contributed by atoms with Gasteiger partial charge in [0, 0.05) is 26.3 Å². The van der Waals surface area contributed by atoms with Crippen molar-refractivity contribution in [1.29, 1.82) is 0 Å². The molecule has 0 saturated heterocycles. The predicted octanol–water partition coefficient (Wildman–Crippen LogP) is 4.63. The lowest BCUT2D eigenvalue weighted by Crippen LogP contribution is -2.43. The lowest BCUT2D eigenvalue weighted by molar-refractivity contribution is -0.165. The molecule has 2 unspecified atom stereocenters. The Hall–Kier alpha value is -4.61. The number of alkyl carbamates (subject to hydrolysis) is 2. The molecule has 0 saturated carbocycles. The van der Waals surface area contributed by atoms with E-state index < -0.39 is 54.4 Å². The molecule has 12 nitrogen and oxygen atoms in total. The summed E-state index contributed by atoms with van der Waals surface area (Å²) >= 11 is 0. The van der Waals surface area contributed by atoms with Gasteiger partial charge in [-0.1, -0.05) is 48.5 Å². The standard InChI is InChI=1S/C33H42N2O10/c1-21(36)41-18-23(44-22(2)37)19-42-30(38)29(16-10-11-17-34-31(39)45-33(3,4)5)35-32(40)43-20-28-26-14-8-6-12-24(26)25-13-7-9-15-27(25)28/h6-9,12-15,23,28-29H,10-11,16-20H2,1-5H3,(H,34,39)(H,35,40). The summed E-state index contributed by atoms with van der Waals surface area (Å²) in [6.07, 6.45) is -1.30. The minimum atomic E-state index is -1.10. The van der Waals surface area contributed by atoms with Gasteiger partial charge in [-0.2, -0.15) is 0 Å². The zero-order valence-electron chi connectivity index (χ0n) is 26.4. The van der Waals surface area contributed by atoms with E-state index in [-0.39, 0.29) is 25.6 Å². The van der Waals surface area contributed by atoms with Gasteiger partial charge in [-0.05, 0) is 62.3 Å². The van der Waals surface area contributed by atoms with Gasteiger partial charge in [-0.3, -0.25) is 9.59 Å². The maximum atomic E-state index is 13.1. The molecule has 3 rings (SSSR count). The van der Waals surface area contributed by atoms with E-state index in [1.54, 1.807) is 20.8 Å². The molecule has 0 fully saturated rings. The largest absolute Gasteiger partial charge is 0.462 e. The molecule has 0 radical (unpaired) electrons. The van der Waals surface area contributed by atoms with Gasteiger partial charge in [0.05, 0.1) is 0 Å². The molecule has 0 spiro atoms. The zero-order chi connectivity index (χ0) is 33.0. The summed E-state index contributed by atoms with van der Waals surface area (Å²) in [6.45, 7) is 7.30. The summed E-state index contributed by atoms with van der Waals surface area (Å²) < 4.78 is 26.2. The average molecular weight is 627 g/mol. The molecular weight excluding hydrogens is 584 g/mol. The number of ether oxygens (including phenoxy) is 5. The SMILES string of the molecule is CC(=O)OCC(COC(=O)C(CCCCNC(=O)OC(C)(C)C)NC(=O)OCC1c2ccccc2-c2ccccc21)OC(C)=O. The van der Waals surface area contributed by atoms with Crippen LogP contribution in [0.2, 0.25) is 0 Å². The van der Waals surface area contributed by atoms with Gasteiger partial charge in [0.2, 0.25) is 0 Å². The number of nitrogens with one attached hydrogen (secondary N) is 2. The fourth-order valence-electron chi connectivity index (χ4n) is 4.85. The van der Waals surface area contributed by atoms with Gasteiger partial charge < -0.3 is 34.3 Å². The molecule has 1 aliphatic carbocycles. The molecule has 2 amide bonds. The lowest BCUT2D eigenvalue weighted by atomic mass is 9.98. The van der Waals surface area contributed by atoms with E-state index in [1.807, 2.05) is 48.5 Å². The van der Waals surface area contributed by atoms with Crippen LogP contribution < -0.4 is 10.6 Å². The number of benzene rings is 2. The van der Waals surface area contributed by atoms with Crippen LogP contribution in [0.4, 0.5) is 9.59 Å². The van der Waals surface area contributed by atoms with Gasteiger partial charge in [0.1, 0.15) is 31.5 Å². The van der Waals surface area contributed by atoms with Crippen molar-refractivity contribution in [2.24, 2.45) is 0 Å². The molecule has 244 valence electrons. The van der Waals surface area contributed by atoms with E-state index in [0.29, 0.717) is 19.4 Å². The number of amides is 2. The normalized spacial score (nSPS) is 13.4. The second-order valence-corrected chi connectivity index (χ2v) is 11.6. The Kier molecular flexibility index (Phi) is 12.8. The highest BCUT2D eigenvalue weighted by Gasteiger charge is 2.30. The van der Waals surface area contributed by atoms with Crippen LogP contribution in [0.15, 0.2) is 48.5 Å². The summed E-state index contributed by atoms with van der Waals surface area (Å²) in [5.41, 5.74) is 3.62. The number of unbranched alkanes of at least 4 members (excludes halogenated alkanes) is 1. The molecule has 2 atom stereocenters. The number of fused-ring (bicyclic) bond motifs is 3. The smallest absolute Gasteiger partial charge is 0.407 e. The third-order valence-electron chi connectivity index (χ3n) is 6.72. The Balaban J connectivity index is 1.61. The quantitative estimate of drug-likeness (QED) is 0.172. The van der Waals surface area contributed by atoms with Crippen molar-refractivity contribution in [3.63, 3.8) is 0 Å². The van der Waals surface area contributed by atoms with Crippen LogP contribution in [0.3, 0.4) is 0 Å². The van der Waals surface area contributed by atoms with Crippen molar-refractivity contribution in [2.45, 2.75) is 77.5 Å². The van der Waals surface area contributed by atoms with E-state index in [0.717, 1.165) is 22.3 Å². The third kappa shape index (κ3) is 11.4. The van der Waals surface area contributed by atoms with Gasteiger partial charge in [0.15, 0.2) is 6.10 Å². The fourth-order valence-corrected chi connectivity index (χ4v) is 4.85. The second-order valence-electron chi connectivity index (χ2n) is 11.6. The van der Waals surface area contributed by atoms with Crippen molar-refractivity contribution in [3.05, 3.63) is 59.7 Å². The number of rotatable bonds is 14. The van der Waals surface area contributed by atoms with E-state index in [1.165, 1.54) is 13.8 Å². The van der Waals surface area contributed by atoms with Crippen molar-refractivity contribution in [2.75, 3.05) is 26.4 Å². The summed E-state index contributed by atoms with van der Waals surface area (Å²) in [5, 5.41) is 5.25. The van der Waals surface area contributed by atoms with Crippen LogP contribution in [-0.4, -0.2) is 74.2 Å². The molecule has 2 N–H and O–H groups in total. The molecular formula is C33H42N2O10. The van der Waals surface area contributed by atoms with E-state index >= 15 is 0 Å². The molecule has 1 aliphatic rings. The van der Waals surface area contributed by atoms with Crippen molar-refractivity contribution >= 4 is 30.1 Å². The maximum Gasteiger partial charge on any atom is 0.407 e. The first kappa shape index (κ1) is 34.9. The maximum absolute atomic E-state index is 13.1. The first-order valence-electron chi connectivity index (χ1n) is 14.9. The minimum absolute atomic E-state index is 0.0539. The Morgan fingerprint density at radius 2 is 1.38 bits per heavy atom. The van der Waals surface area contributed by atoms with Gasteiger partial charge in [-0.15, -0.1) is 0 Å². The zero-order valence-corrected chi connectivity index (χ0v) is 26.4. The van der Waals surface area contributed by atoms with Crippen molar-refractivity contribution in [3.8, 4) is 11.1 Å². The summed E-state index contributed by atoms with van der Waals surface area (Å²) in [5.74, 6) is -2.19. The minimum Gasteiger partial charge on any atom is -0.462 e. The van der Waals surface area contributed by atoms with Crippen LogP contribution in [0.25, 0.3) is 11.1 Å². The highest BCUT2D eigenvalue weighted by Crippen LogP contribution is 2.44. The molecule has 2 aromatic rings. The van der Waals surface area contributed by atoms with E-state index in [9.17, 15) is 24.0 Å². The topological polar surface area (TPSA) is 156 Å². The molecule has 12 heteroatoms. The average Bonchev–Trinajstić information content (AvgIpc) is 3.29. The lowest BCUT2D eigenvalue weighted by Gasteiger charge is -2.21. The highest BCUT2D eigenvalue weighted by molar-refractivity contribution is 5.82. The van der Waals surface area contributed by atoms with Crippen LogP contribution in [0.5, 0.6) is 0 Å². The number of carbonyl (C=O) groups is 5. The molecule has 45 heavy (non-hydrogen) atoms. The first-order valence-corrected chi connectivity index (χ1v) is 14.9. The summed E-state index contributed by atoms with van der Waals surface area (Å²) in [6, 6.07) is 14.8. The first-order chi connectivity index (χ1) is 21.3. The van der Waals surface area contributed by atoms with Crippen LogP contribution in [-0.2, 0) is 38.1 Å². The highest BCUT2D eigenvalue weighted by atomic mass is 16.6. The molecule has 0 aliphatic heterocycles. The number of esters is 3. The number of carbonyl (C=O) groups excluding carboxylic acids is 5. The van der Waals surface area contributed by atoms with Gasteiger partial charge in [-0.25, -0.2) is 14.4 Å². The van der Waals surface area contributed by atoms with Crippen LogP contribution in [0, 0.1) is 0 Å². The van der Waals surface area contributed by atoms with Crippen LogP contribution in [0.1, 0.15) is 70.9 Å². The predicted molar refractivity (Wildman–Crippen MR) is 163 cm³/mol. The molecule has 2 aromatic carbocycles. The molecule has 0 aromatic heterocycles. The molecule has 0 heterocycles. The second kappa shape index (κ2) is 16.5. The van der Waals surface area contributed by atoms with E-state index in [4.69, 9.17) is 23.7 Å². The van der Waals surface area contributed by atoms with Gasteiger partial charge in [0.25, 0.3) is 0 Å². The Labute approximate surface area is 263 Å². The number of hydrogen-bond donors (Lipinski definition) is 2. The number of hydrogen-bond acceptors (Lipinski definition) is 10. The van der Waals surface area contributed by atoms with Gasteiger partial charge >= 0.3 is 30.1 Å². The third-order valence-corrected chi connectivity index (χ3v) is 6.72. The summed E-state index contributed by atoms with van der Waals surface area (Å²) in [4.78, 5) is 60.7. The Bertz CT molecular complexity index is 1310. The molecule has 0 bridgehead atoms. The van der Waals surface area contributed by atoms with Crippen molar-refractivity contribution in [1.82, 2.24) is 10.6 Å². The van der Waals surface area contributed by atoms with E-state index in [2.05, 4.69) is 10.6 Å². The Morgan fingerprint density at radius 3 is 1.96 bits per heavy atom.